The lowest BCUT2D eigenvalue weighted by molar-refractivity contribution is -0.122. The summed E-state index contributed by atoms with van der Waals surface area (Å²) in [6, 6.07) is 0. The van der Waals surface area contributed by atoms with E-state index in [1.54, 1.807) is 0 Å². The van der Waals surface area contributed by atoms with Crippen molar-refractivity contribution in [3.05, 3.63) is 16.4 Å². The second kappa shape index (κ2) is 5.87. The summed E-state index contributed by atoms with van der Waals surface area (Å²) in [5, 5.41) is 5.13. The van der Waals surface area contributed by atoms with E-state index in [9.17, 15) is 4.79 Å². The molecule has 0 bridgehead atoms. The number of carbonyl (C=O) groups is 1. The molecule has 1 saturated carbocycles. The highest BCUT2D eigenvalue weighted by Crippen LogP contribution is 2.28. The molecule has 1 aromatic heterocycles. The van der Waals surface area contributed by atoms with Crippen LogP contribution < -0.4 is 0 Å². The Balaban J connectivity index is 1.97. The number of nitrogens with zero attached hydrogens (tertiary/aromatic N) is 2. The molecule has 0 aliphatic heterocycles. The third kappa shape index (κ3) is 2.77. The molecule has 0 amide bonds. The molecule has 1 aliphatic carbocycles. The molecule has 18 heavy (non-hydrogen) atoms. The summed E-state index contributed by atoms with van der Waals surface area (Å²) in [5.74, 6) is 0.713. The van der Waals surface area contributed by atoms with Gasteiger partial charge in [-0.2, -0.15) is 5.10 Å². The van der Waals surface area contributed by atoms with Gasteiger partial charge in [-0.05, 0) is 25.7 Å². The van der Waals surface area contributed by atoms with Crippen molar-refractivity contribution >= 4 is 17.4 Å². The van der Waals surface area contributed by atoms with Gasteiger partial charge in [0.2, 0.25) is 0 Å². The van der Waals surface area contributed by atoms with Crippen LogP contribution in [0.2, 0.25) is 5.02 Å². The van der Waals surface area contributed by atoms with Crippen LogP contribution in [0.15, 0.2) is 0 Å². The highest BCUT2D eigenvalue weighted by Gasteiger charge is 2.23. The summed E-state index contributed by atoms with van der Waals surface area (Å²) >= 11 is 6.28. The Morgan fingerprint density at radius 3 is 2.67 bits per heavy atom. The molecule has 2 rings (SSSR count). The number of hydrogen-bond acceptors (Lipinski definition) is 2. The fourth-order valence-electron chi connectivity index (χ4n) is 2.78. The third-order valence-corrected chi connectivity index (χ3v) is 4.36. The summed E-state index contributed by atoms with van der Waals surface area (Å²) in [6.45, 7) is 2.04. The van der Waals surface area contributed by atoms with Crippen LogP contribution in [0.3, 0.4) is 0 Å². The maximum atomic E-state index is 12.0. The molecule has 0 unspecified atom stereocenters. The van der Waals surface area contributed by atoms with E-state index < -0.39 is 0 Å². The van der Waals surface area contributed by atoms with Crippen molar-refractivity contribution in [3.8, 4) is 0 Å². The lowest BCUT2D eigenvalue weighted by atomic mass is 9.98. The number of hydrogen-bond donors (Lipinski definition) is 0. The van der Waals surface area contributed by atoms with Crippen LogP contribution in [0.4, 0.5) is 0 Å². The smallest absolute Gasteiger partial charge is 0.136 e. The fraction of sp³-hybridized carbons (Fsp3) is 0.714. The Morgan fingerprint density at radius 2 is 2.11 bits per heavy atom. The van der Waals surface area contributed by atoms with Gasteiger partial charge in [0.25, 0.3) is 0 Å². The maximum Gasteiger partial charge on any atom is 0.136 e. The van der Waals surface area contributed by atoms with Crippen LogP contribution in [0, 0.1) is 5.92 Å². The van der Waals surface area contributed by atoms with Crippen molar-refractivity contribution in [2.75, 3.05) is 0 Å². The average Bonchev–Trinajstić information content (AvgIpc) is 2.96. The van der Waals surface area contributed by atoms with Crippen molar-refractivity contribution in [3.63, 3.8) is 0 Å². The van der Waals surface area contributed by atoms with Crippen LogP contribution in [-0.2, 0) is 24.7 Å². The monoisotopic (exact) mass is 268 g/mol. The van der Waals surface area contributed by atoms with Crippen LogP contribution in [-0.4, -0.2) is 15.6 Å². The van der Waals surface area contributed by atoms with Crippen LogP contribution in [0.25, 0.3) is 0 Å². The van der Waals surface area contributed by atoms with Gasteiger partial charge in [0.1, 0.15) is 5.78 Å². The molecule has 1 heterocycles. The Labute approximate surface area is 114 Å². The number of aryl methyl sites for hydroxylation is 2. The molecule has 0 N–H and O–H groups in total. The van der Waals surface area contributed by atoms with E-state index >= 15 is 0 Å². The molecular weight excluding hydrogens is 248 g/mol. The third-order valence-electron chi connectivity index (χ3n) is 3.92. The standard InChI is InChI=1S/C14H21ClN2O/c1-3-11-14(15)12(17(2)16-11)8-9-13(18)10-6-4-5-7-10/h10H,3-9H2,1-2H3. The summed E-state index contributed by atoms with van der Waals surface area (Å²) in [6.07, 6.45) is 6.75. The van der Waals surface area contributed by atoms with Gasteiger partial charge in [0.15, 0.2) is 0 Å². The number of halogens is 1. The lowest BCUT2D eigenvalue weighted by Gasteiger charge is -2.08. The molecule has 0 radical (unpaired) electrons. The van der Waals surface area contributed by atoms with Gasteiger partial charge in [0.05, 0.1) is 16.4 Å². The summed E-state index contributed by atoms with van der Waals surface area (Å²) in [7, 11) is 1.90. The van der Waals surface area contributed by atoms with E-state index in [2.05, 4.69) is 5.10 Å². The van der Waals surface area contributed by atoms with Gasteiger partial charge >= 0.3 is 0 Å². The van der Waals surface area contributed by atoms with E-state index in [0.717, 1.165) is 42.1 Å². The van der Waals surface area contributed by atoms with E-state index in [0.29, 0.717) is 18.1 Å². The molecule has 3 nitrogen and oxygen atoms in total. The van der Waals surface area contributed by atoms with E-state index in [1.807, 2.05) is 18.7 Å². The van der Waals surface area contributed by atoms with Gasteiger partial charge in [-0.15, -0.1) is 0 Å². The highest BCUT2D eigenvalue weighted by molar-refractivity contribution is 6.31. The maximum absolute atomic E-state index is 12.0. The average molecular weight is 269 g/mol. The zero-order valence-corrected chi connectivity index (χ0v) is 12.0. The molecule has 0 atom stereocenters. The molecule has 1 aliphatic rings. The van der Waals surface area contributed by atoms with Gasteiger partial charge < -0.3 is 0 Å². The Morgan fingerprint density at radius 1 is 1.44 bits per heavy atom. The minimum atomic E-state index is 0.308. The van der Waals surface area contributed by atoms with Gasteiger partial charge in [-0.25, -0.2) is 0 Å². The second-order valence-corrected chi connectivity index (χ2v) is 5.51. The first-order chi connectivity index (χ1) is 8.63. The number of Topliss-reactive ketones (excluding diaryl/α,β-unsaturated/α-hetero) is 1. The Kier molecular flexibility index (Phi) is 4.44. The molecule has 0 aromatic carbocycles. The van der Waals surface area contributed by atoms with Gasteiger partial charge in [-0.1, -0.05) is 31.4 Å². The van der Waals surface area contributed by atoms with Crippen LogP contribution in [0.1, 0.15) is 50.4 Å². The quantitative estimate of drug-likeness (QED) is 0.821. The molecule has 100 valence electrons. The SMILES string of the molecule is CCc1nn(C)c(CCC(=O)C2CCCC2)c1Cl. The number of carbonyl (C=O) groups excluding carboxylic acids is 1. The lowest BCUT2D eigenvalue weighted by Crippen LogP contribution is -2.12. The zero-order chi connectivity index (χ0) is 13.1. The van der Waals surface area contributed by atoms with Crippen molar-refractivity contribution in [1.82, 2.24) is 9.78 Å². The van der Waals surface area contributed by atoms with Crippen LogP contribution in [0.5, 0.6) is 0 Å². The van der Waals surface area contributed by atoms with E-state index in [4.69, 9.17) is 11.6 Å². The number of rotatable bonds is 5. The molecule has 1 aromatic rings. The molecule has 4 heteroatoms. The molecule has 0 saturated heterocycles. The predicted molar refractivity (Wildman–Crippen MR) is 72.9 cm³/mol. The minimum Gasteiger partial charge on any atom is -0.299 e. The molecular formula is C14H21ClN2O. The zero-order valence-electron chi connectivity index (χ0n) is 11.2. The fourth-order valence-corrected chi connectivity index (χ4v) is 3.17. The van der Waals surface area contributed by atoms with Crippen LogP contribution >= 0.6 is 11.6 Å². The van der Waals surface area contributed by atoms with Crippen molar-refractivity contribution in [1.29, 1.82) is 0 Å². The first-order valence-electron chi connectivity index (χ1n) is 6.86. The van der Waals surface area contributed by atoms with Gasteiger partial charge in [-0.3, -0.25) is 9.48 Å². The van der Waals surface area contributed by atoms with Gasteiger partial charge in [0, 0.05) is 19.4 Å². The summed E-state index contributed by atoms with van der Waals surface area (Å²) in [5.41, 5.74) is 1.93. The largest absolute Gasteiger partial charge is 0.299 e. The first kappa shape index (κ1) is 13.6. The normalized spacial score (nSPS) is 16.4. The second-order valence-electron chi connectivity index (χ2n) is 5.13. The summed E-state index contributed by atoms with van der Waals surface area (Å²) in [4.78, 5) is 12.0. The van der Waals surface area contributed by atoms with E-state index in [-0.39, 0.29) is 0 Å². The predicted octanol–water partition coefficient (Wildman–Crippen LogP) is 3.33. The van der Waals surface area contributed by atoms with Crippen molar-refractivity contribution in [2.24, 2.45) is 13.0 Å². The minimum absolute atomic E-state index is 0.308. The summed E-state index contributed by atoms with van der Waals surface area (Å²) < 4.78 is 1.82. The number of aromatic nitrogens is 2. The Bertz CT molecular complexity index is 433. The van der Waals surface area contributed by atoms with E-state index in [1.165, 1.54) is 12.8 Å². The number of ketones is 1. The van der Waals surface area contributed by atoms with Crippen molar-refractivity contribution < 1.29 is 4.79 Å². The Hall–Kier alpha value is -0.830. The first-order valence-corrected chi connectivity index (χ1v) is 7.24. The topological polar surface area (TPSA) is 34.9 Å². The highest BCUT2D eigenvalue weighted by atomic mass is 35.5. The van der Waals surface area contributed by atoms with Crippen molar-refractivity contribution in [2.45, 2.75) is 51.9 Å². The molecule has 0 spiro atoms. The molecule has 1 fully saturated rings.